The van der Waals surface area contributed by atoms with Crippen LogP contribution in [-0.2, 0) is 14.4 Å². The van der Waals surface area contributed by atoms with Crippen LogP contribution in [0.2, 0.25) is 0 Å². The van der Waals surface area contributed by atoms with Crippen molar-refractivity contribution in [2.24, 2.45) is 0 Å². The molecule has 0 aliphatic rings. The fraction of sp³-hybridized carbons (Fsp3) is 0.850. The molecule has 0 saturated carbocycles. The molecule has 0 aliphatic heterocycles. The first-order valence-corrected chi connectivity index (χ1v) is 10.7. The lowest BCUT2D eigenvalue weighted by atomic mass is 10.0. The van der Waals surface area contributed by atoms with Gasteiger partial charge in [-0.05, 0) is 12.8 Å². The minimum atomic E-state index is -0.683. The average Bonchev–Trinajstić information content (AvgIpc) is 2.59. The maximum absolute atomic E-state index is 11.4. The number of amides is 1. The van der Waals surface area contributed by atoms with Crippen LogP contribution in [0.4, 0.5) is 0 Å². The molecule has 0 saturated heterocycles. The fourth-order valence-corrected chi connectivity index (χ4v) is 3.02. The van der Waals surface area contributed by atoms with E-state index in [1.54, 1.807) is 0 Å². The molecule has 152 valence electrons. The Kier molecular flexibility index (Phi) is 18.0. The third-order valence-corrected chi connectivity index (χ3v) is 4.64. The summed E-state index contributed by atoms with van der Waals surface area (Å²) < 4.78 is 0. The van der Waals surface area contributed by atoms with Gasteiger partial charge in [0.05, 0.1) is 6.54 Å². The molecular weight excluding hydrogens is 350 g/mol. The van der Waals surface area contributed by atoms with E-state index in [2.05, 4.69) is 17.9 Å². The number of carboxylic acid groups (broad SMARTS) is 1. The highest BCUT2D eigenvalue weighted by Crippen LogP contribution is 2.13. The van der Waals surface area contributed by atoms with Gasteiger partial charge in [-0.1, -0.05) is 77.0 Å². The predicted octanol–water partition coefficient (Wildman–Crippen LogP) is 4.89. The maximum Gasteiger partial charge on any atom is 0.303 e. The van der Waals surface area contributed by atoms with Gasteiger partial charge < -0.3 is 10.4 Å². The summed E-state index contributed by atoms with van der Waals surface area (Å²) in [6.45, 7) is 0.0205. The van der Waals surface area contributed by atoms with Crippen LogP contribution in [0.15, 0.2) is 0 Å². The molecule has 0 unspecified atom stereocenters. The molecule has 0 rings (SSSR count). The lowest BCUT2D eigenvalue weighted by molar-refractivity contribution is -0.137. The molecule has 2 N–H and O–H groups in total. The molecule has 0 bridgehead atoms. The zero-order valence-electron chi connectivity index (χ0n) is 16.1. The molecular formula is C20H37NO4S. The molecule has 0 fully saturated rings. The molecule has 0 atom stereocenters. The minimum Gasteiger partial charge on any atom is -0.481 e. The van der Waals surface area contributed by atoms with Gasteiger partial charge in [-0.15, -0.1) is 12.6 Å². The first-order chi connectivity index (χ1) is 12.5. The number of hydrogen-bond acceptors (Lipinski definition) is 3. The lowest BCUT2D eigenvalue weighted by Crippen LogP contribution is -2.27. The summed E-state index contributed by atoms with van der Waals surface area (Å²) in [6.07, 6.45) is 17.2. The van der Waals surface area contributed by atoms with Crippen molar-refractivity contribution in [3.8, 4) is 0 Å². The minimum absolute atomic E-state index is 0.0205. The van der Waals surface area contributed by atoms with Crippen molar-refractivity contribution in [2.45, 2.75) is 103 Å². The summed E-state index contributed by atoms with van der Waals surface area (Å²) in [4.78, 5) is 32.4. The second-order valence-electron chi connectivity index (χ2n) is 7.01. The van der Waals surface area contributed by atoms with Gasteiger partial charge in [-0.25, -0.2) is 0 Å². The summed E-state index contributed by atoms with van der Waals surface area (Å²) in [5.41, 5.74) is 0. The Morgan fingerprint density at radius 2 is 0.962 bits per heavy atom. The van der Waals surface area contributed by atoms with Crippen LogP contribution in [-0.4, -0.2) is 28.6 Å². The fourth-order valence-electron chi connectivity index (χ4n) is 2.95. The van der Waals surface area contributed by atoms with Crippen molar-refractivity contribution in [1.29, 1.82) is 0 Å². The smallest absolute Gasteiger partial charge is 0.303 e. The van der Waals surface area contributed by atoms with E-state index < -0.39 is 5.97 Å². The van der Waals surface area contributed by atoms with Gasteiger partial charge in [0.2, 0.25) is 11.0 Å². The summed E-state index contributed by atoms with van der Waals surface area (Å²) in [5.74, 6) is -0.744. The summed E-state index contributed by atoms with van der Waals surface area (Å²) in [6, 6.07) is 0. The van der Waals surface area contributed by atoms with Crippen molar-refractivity contribution >= 4 is 29.6 Å². The second kappa shape index (κ2) is 18.7. The highest BCUT2D eigenvalue weighted by molar-refractivity contribution is 7.96. The van der Waals surface area contributed by atoms with Crippen LogP contribution in [0, 0.1) is 0 Å². The standard InChI is InChI=1S/C20H37NO4S/c22-18(21-17-20(25)26)15-13-11-9-7-5-3-1-2-4-6-8-10-12-14-16-19(23)24/h1-17H2,(H,21,22)(H,23,24)(H,25,26). The molecule has 5 nitrogen and oxygen atoms in total. The van der Waals surface area contributed by atoms with Crippen molar-refractivity contribution in [3.63, 3.8) is 0 Å². The Morgan fingerprint density at radius 1 is 0.615 bits per heavy atom. The van der Waals surface area contributed by atoms with Crippen LogP contribution in [0.3, 0.4) is 0 Å². The van der Waals surface area contributed by atoms with Crippen LogP contribution in [0.5, 0.6) is 0 Å². The van der Waals surface area contributed by atoms with Gasteiger partial charge in [-0.3, -0.25) is 14.4 Å². The number of aliphatic carboxylic acids is 1. The topological polar surface area (TPSA) is 83.5 Å². The van der Waals surface area contributed by atoms with Gasteiger partial charge in [0.1, 0.15) is 0 Å². The van der Waals surface area contributed by atoms with E-state index in [9.17, 15) is 14.4 Å². The zero-order chi connectivity index (χ0) is 19.5. The highest BCUT2D eigenvalue weighted by atomic mass is 32.1. The van der Waals surface area contributed by atoms with E-state index in [1.807, 2.05) is 0 Å². The van der Waals surface area contributed by atoms with Crippen LogP contribution >= 0.6 is 12.6 Å². The van der Waals surface area contributed by atoms with Gasteiger partial charge in [0.25, 0.3) is 0 Å². The van der Waals surface area contributed by atoms with Crippen molar-refractivity contribution in [3.05, 3.63) is 0 Å². The van der Waals surface area contributed by atoms with Gasteiger partial charge >= 0.3 is 5.97 Å². The van der Waals surface area contributed by atoms with E-state index in [4.69, 9.17) is 5.11 Å². The molecule has 0 aromatic heterocycles. The van der Waals surface area contributed by atoms with Gasteiger partial charge in [-0.2, -0.15) is 0 Å². The average molecular weight is 388 g/mol. The molecule has 1 amide bonds. The number of rotatable bonds is 19. The summed E-state index contributed by atoms with van der Waals surface area (Å²) >= 11 is 3.61. The largest absolute Gasteiger partial charge is 0.481 e. The van der Waals surface area contributed by atoms with Crippen LogP contribution in [0.25, 0.3) is 0 Å². The van der Waals surface area contributed by atoms with Crippen LogP contribution < -0.4 is 5.32 Å². The molecule has 0 spiro atoms. The number of carbonyl (C=O) groups excluding carboxylic acids is 2. The van der Waals surface area contributed by atoms with E-state index >= 15 is 0 Å². The Labute approximate surface area is 164 Å². The normalized spacial score (nSPS) is 10.7. The summed E-state index contributed by atoms with van der Waals surface area (Å²) in [7, 11) is 0. The highest BCUT2D eigenvalue weighted by Gasteiger charge is 2.02. The van der Waals surface area contributed by atoms with Gasteiger partial charge in [0, 0.05) is 12.8 Å². The number of carbonyl (C=O) groups is 3. The van der Waals surface area contributed by atoms with E-state index in [1.165, 1.54) is 57.8 Å². The first-order valence-electron chi connectivity index (χ1n) is 10.2. The monoisotopic (exact) mass is 387 g/mol. The third-order valence-electron chi connectivity index (χ3n) is 4.48. The predicted molar refractivity (Wildman–Crippen MR) is 109 cm³/mol. The van der Waals surface area contributed by atoms with Crippen molar-refractivity contribution < 1.29 is 19.5 Å². The molecule has 0 aromatic carbocycles. The van der Waals surface area contributed by atoms with E-state index in [0.29, 0.717) is 12.8 Å². The second-order valence-corrected chi connectivity index (χ2v) is 7.51. The Hall–Kier alpha value is -1.04. The molecule has 0 radical (unpaired) electrons. The molecule has 26 heavy (non-hydrogen) atoms. The third kappa shape index (κ3) is 21.0. The van der Waals surface area contributed by atoms with Gasteiger partial charge in [0.15, 0.2) is 0 Å². The number of thiol groups is 1. The Bertz CT molecular complexity index is 388. The molecule has 0 heterocycles. The molecule has 0 aromatic rings. The summed E-state index contributed by atoms with van der Waals surface area (Å²) in [5, 5.41) is 10.8. The van der Waals surface area contributed by atoms with E-state index in [-0.39, 0.29) is 17.6 Å². The number of nitrogens with one attached hydrogen (secondary N) is 1. The SMILES string of the molecule is O=C(O)CCCCCCCCCCCCCCCCC(=O)NCC(=O)S. The lowest BCUT2D eigenvalue weighted by Gasteiger charge is -2.04. The molecule has 6 heteroatoms. The number of unbranched alkanes of at least 4 members (excludes halogenated alkanes) is 13. The maximum atomic E-state index is 11.4. The first kappa shape index (κ1) is 25.0. The molecule has 0 aliphatic carbocycles. The van der Waals surface area contributed by atoms with Crippen LogP contribution in [0.1, 0.15) is 103 Å². The number of carboxylic acids is 1. The van der Waals surface area contributed by atoms with Crippen molar-refractivity contribution in [2.75, 3.05) is 6.54 Å². The quantitative estimate of drug-likeness (QED) is 0.218. The Morgan fingerprint density at radius 3 is 1.31 bits per heavy atom. The van der Waals surface area contributed by atoms with E-state index in [0.717, 1.165) is 32.1 Å². The number of hydrogen-bond donors (Lipinski definition) is 3. The Balaban J connectivity index is 3.12. The van der Waals surface area contributed by atoms with Crippen molar-refractivity contribution in [1.82, 2.24) is 5.32 Å². The zero-order valence-corrected chi connectivity index (χ0v) is 17.0.